The van der Waals surface area contributed by atoms with Crippen molar-refractivity contribution in [2.24, 2.45) is 5.14 Å². The molecule has 0 aliphatic rings. The Morgan fingerprint density at radius 1 is 0.906 bits per heavy atom. The van der Waals surface area contributed by atoms with Gasteiger partial charge in [-0.3, -0.25) is 9.52 Å². The summed E-state index contributed by atoms with van der Waals surface area (Å²) in [7, 11) is -6.74. The van der Waals surface area contributed by atoms with Crippen LogP contribution in [0.2, 0.25) is 0 Å². The van der Waals surface area contributed by atoms with Crippen molar-refractivity contribution >= 4 is 37.3 Å². The Morgan fingerprint density at radius 3 is 2.22 bits per heavy atom. The van der Waals surface area contributed by atoms with E-state index in [0.717, 1.165) is 18.2 Å². The molecule has 12 heteroatoms. The molecule has 0 spiro atoms. The standard InChI is InChI=1S/C20H18FN3O6S2/c1-30-17-7-5-15(6-8-17)24-32(28,29)18-4-2-3-13(9-18)20(25)23-16-10-14(21)11-19(12-16)31(22,26)27/h2-12,24H,1H3,(H,23,25)(H2,22,26,27). The van der Waals surface area contributed by atoms with Crippen LogP contribution in [0.5, 0.6) is 5.75 Å². The van der Waals surface area contributed by atoms with Crippen LogP contribution >= 0.6 is 0 Å². The maximum Gasteiger partial charge on any atom is 0.261 e. The Balaban J connectivity index is 1.83. The molecule has 0 heterocycles. The number of anilines is 2. The van der Waals surface area contributed by atoms with Crippen LogP contribution in [-0.2, 0) is 20.0 Å². The largest absolute Gasteiger partial charge is 0.497 e. The molecule has 0 saturated heterocycles. The van der Waals surface area contributed by atoms with Gasteiger partial charge in [0.15, 0.2) is 0 Å². The van der Waals surface area contributed by atoms with Crippen LogP contribution < -0.4 is 19.9 Å². The first-order valence-electron chi connectivity index (χ1n) is 8.90. The molecule has 0 aromatic heterocycles. The summed E-state index contributed by atoms with van der Waals surface area (Å²) in [5, 5.41) is 7.32. The molecular formula is C20H18FN3O6S2. The van der Waals surface area contributed by atoms with Crippen molar-refractivity contribution in [3.8, 4) is 5.75 Å². The lowest BCUT2D eigenvalue weighted by Gasteiger charge is -2.11. The average molecular weight is 480 g/mol. The van der Waals surface area contributed by atoms with Crippen molar-refractivity contribution in [2.45, 2.75) is 9.79 Å². The molecule has 0 saturated carbocycles. The van der Waals surface area contributed by atoms with Crippen molar-refractivity contribution in [2.75, 3.05) is 17.1 Å². The number of hydrogen-bond donors (Lipinski definition) is 3. The van der Waals surface area contributed by atoms with Gasteiger partial charge in [-0.1, -0.05) is 6.07 Å². The Hall–Kier alpha value is -3.48. The van der Waals surface area contributed by atoms with E-state index >= 15 is 0 Å². The molecule has 0 atom stereocenters. The maximum atomic E-state index is 13.7. The lowest BCUT2D eigenvalue weighted by atomic mass is 10.2. The quantitative estimate of drug-likeness (QED) is 0.475. The Morgan fingerprint density at radius 2 is 1.59 bits per heavy atom. The third-order valence-corrected chi connectivity index (χ3v) is 6.48. The van der Waals surface area contributed by atoms with Gasteiger partial charge in [0, 0.05) is 16.9 Å². The molecule has 1 amide bonds. The number of primary sulfonamides is 1. The molecule has 0 aliphatic heterocycles. The normalized spacial score (nSPS) is 11.6. The minimum absolute atomic E-state index is 0.0518. The number of hydrogen-bond acceptors (Lipinski definition) is 6. The number of amides is 1. The fraction of sp³-hybridized carbons (Fsp3) is 0.0500. The number of carbonyl (C=O) groups excluding carboxylic acids is 1. The highest BCUT2D eigenvalue weighted by Gasteiger charge is 2.18. The molecule has 0 bridgehead atoms. The van der Waals surface area contributed by atoms with Crippen LogP contribution in [0, 0.1) is 5.82 Å². The van der Waals surface area contributed by atoms with Crippen molar-refractivity contribution in [3.63, 3.8) is 0 Å². The minimum Gasteiger partial charge on any atom is -0.497 e. The number of sulfonamides is 2. The molecule has 4 N–H and O–H groups in total. The predicted octanol–water partition coefficient (Wildman–Crippen LogP) is 2.53. The van der Waals surface area contributed by atoms with Crippen LogP contribution in [0.3, 0.4) is 0 Å². The zero-order valence-electron chi connectivity index (χ0n) is 16.6. The summed E-state index contributed by atoms with van der Waals surface area (Å²) >= 11 is 0. The number of benzene rings is 3. The lowest BCUT2D eigenvalue weighted by Crippen LogP contribution is -2.17. The summed E-state index contributed by atoms with van der Waals surface area (Å²) in [4.78, 5) is 11.8. The molecule has 0 radical (unpaired) electrons. The summed E-state index contributed by atoms with van der Waals surface area (Å²) in [6.45, 7) is 0. The highest BCUT2D eigenvalue weighted by Crippen LogP contribution is 2.21. The van der Waals surface area contributed by atoms with E-state index in [-0.39, 0.29) is 21.8 Å². The van der Waals surface area contributed by atoms with Gasteiger partial charge in [0.25, 0.3) is 15.9 Å². The number of halogens is 1. The van der Waals surface area contributed by atoms with Gasteiger partial charge < -0.3 is 10.1 Å². The van der Waals surface area contributed by atoms with E-state index in [2.05, 4.69) is 10.0 Å². The summed E-state index contributed by atoms with van der Waals surface area (Å²) in [6.07, 6.45) is 0. The number of nitrogens with two attached hydrogens (primary N) is 1. The van der Waals surface area contributed by atoms with Crippen molar-refractivity contribution in [1.29, 1.82) is 0 Å². The summed E-state index contributed by atoms with van der Waals surface area (Å²) in [5.41, 5.74) is 0.0728. The smallest absolute Gasteiger partial charge is 0.261 e. The third kappa shape index (κ3) is 5.60. The molecule has 0 unspecified atom stereocenters. The van der Waals surface area contributed by atoms with E-state index in [0.29, 0.717) is 11.8 Å². The molecule has 3 aromatic rings. The van der Waals surface area contributed by atoms with Crippen LogP contribution in [-0.4, -0.2) is 29.9 Å². The first-order valence-corrected chi connectivity index (χ1v) is 11.9. The second-order valence-electron chi connectivity index (χ2n) is 6.54. The van der Waals surface area contributed by atoms with E-state index in [9.17, 15) is 26.0 Å². The Kier molecular flexibility index (Phi) is 6.48. The van der Waals surface area contributed by atoms with E-state index in [4.69, 9.17) is 9.88 Å². The minimum atomic E-state index is -4.20. The van der Waals surface area contributed by atoms with Crippen LogP contribution in [0.1, 0.15) is 10.4 Å². The Labute approximate surface area is 184 Å². The fourth-order valence-electron chi connectivity index (χ4n) is 2.68. The van der Waals surface area contributed by atoms with Gasteiger partial charge >= 0.3 is 0 Å². The number of nitrogens with one attached hydrogen (secondary N) is 2. The van der Waals surface area contributed by atoms with Crippen molar-refractivity contribution in [3.05, 3.63) is 78.1 Å². The van der Waals surface area contributed by atoms with Gasteiger partial charge in [-0.05, 0) is 60.7 Å². The van der Waals surface area contributed by atoms with Gasteiger partial charge in [-0.25, -0.2) is 26.4 Å². The highest BCUT2D eigenvalue weighted by atomic mass is 32.2. The molecular weight excluding hydrogens is 461 g/mol. The van der Waals surface area contributed by atoms with Crippen molar-refractivity contribution in [1.82, 2.24) is 0 Å². The van der Waals surface area contributed by atoms with Crippen LogP contribution in [0.25, 0.3) is 0 Å². The zero-order valence-corrected chi connectivity index (χ0v) is 18.2. The average Bonchev–Trinajstić information content (AvgIpc) is 2.73. The van der Waals surface area contributed by atoms with Crippen LogP contribution in [0.15, 0.2) is 76.5 Å². The Bertz CT molecular complexity index is 1370. The number of ether oxygens (including phenoxy) is 1. The summed E-state index contributed by atoms with van der Waals surface area (Å²) in [6, 6.07) is 13.9. The molecule has 32 heavy (non-hydrogen) atoms. The summed E-state index contributed by atoms with van der Waals surface area (Å²) < 4.78 is 69.4. The fourth-order valence-corrected chi connectivity index (χ4v) is 4.35. The highest BCUT2D eigenvalue weighted by molar-refractivity contribution is 7.92. The molecule has 3 aromatic carbocycles. The zero-order chi connectivity index (χ0) is 23.5. The first-order chi connectivity index (χ1) is 15.0. The molecule has 3 rings (SSSR count). The van der Waals surface area contributed by atoms with E-state index < -0.39 is 36.7 Å². The van der Waals surface area contributed by atoms with Crippen molar-refractivity contribution < 1.29 is 30.8 Å². The van der Waals surface area contributed by atoms with Gasteiger partial charge in [-0.15, -0.1) is 0 Å². The first kappa shape index (κ1) is 23.2. The van der Waals surface area contributed by atoms with E-state index in [1.165, 1.54) is 37.4 Å². The maximum absolute atomic E-state index is 13.7. The molecule has 168 valence electrons. The summed E-state index contributed by atoms with van der Waals surface area (Å²) in [5.74, 6) is -1.15. The van der Waals surface area contributed by atoms with E-state index in [1.807, 2.05) is 0 Å². The molecule has 9 nitrogen and oxygen atoms in total. The van der Waals surface area contributed by atoms with Gasteiger partial charge in [0.05, 0.1) is 16.9 Å². The second-order valence-corrected chi connectivity index (χ2v) is 9.78. The van der Waals surface area contributed by atoms with Gasteiger partial charge in [-0.2, -0.15) is 0 Å². The van der Waals surface area contributed by atoms with Gasteiger partial charge in [0.1, 0.15) is 11.6 Å². The molecule has 0 aliphatic carbocycles. The second kappa shape index (κ2) is 8.94. The monoisotopic (exact) mass is 479 g/mol. The number of carbonyl (C=O) groups is 1. The van der Waals surface area contributed by atoms with E-state index in [1.54, 1.807) is 12.1 Å². The SMILES string of the molecule is COc1ccc(NS(=O)(=O)c2cccc(C(=O)Nc3cc(F)cc(S(N)(=O)=O)c3)c2)cc1. The number of methoxy groups -OCH3 is 1. The van der Waals surface area contributed by atoms with Crippen LogP contribution in [0.4, 0.5) is 15.8 Å². The van der Waals surface area contributed by atoms with Gasteiger partial charge in [0.2, 0.25) is 10.0 Å². The third-order valence-electron chi connectivity index (χ3n) is 4.21. The predicted molar refractivity (Wildman–Crippen MR) is 116 cm³/mol. The topological polar surface area (TPSA) is 145 Å². The lowest BCUT2D eigenvalue weighted by molar-refractivity contribution is 0.102. The molecule has 0 fully saturated rings. The number of rotatable bonds is 7.